The maximum absolute atomic E-state index is 14.0. The number of aromatic nitrogens is 1. The zero-order valence-electron chi connectivity index (χ0n) is 14.5. The maximum Gasteiger partial charge on any atom is 0.303 e. The van der Waals surface area contributed by atoms with Gasteiger partial charge < -0.3 is 9.84 Å². The SMILES string of the molecule is O=C(O)CCc1ccc(OCc2cccc(SC3CCCC3)n2)cc1F. The van der Waals surface area contributed by atoms with E-state index in [1.165, 1.54) is 31.7 Å². The van der Waals surface area contributed by atoms with Crippen LogP contribution in [0.25, 0.3) is 0 Å². The molecular formula is C20H22FNO3S. The van der Waals surface area contributed by atoms with Gasteiger partial charge in [0, 0.05) is 17.7 Å². The normalized spacial score (nSPS) is 14.5. The summed E-state index contributed by atoms with van der Waals surface area (Å²) in [6.07, 6.45) is 5.18. The predicted molar refractivity (Wildman–Crippen MR) is 99.0 cm³/mol. The van der Waals surface area contributed by atoms with Crippen molar-refractivity contribution in [2.24, 2.45) is 0 Å². The maximum atomic E-state index is 14.0. The first-order valence-corrected chi connectivity index (χ1v) is 9.74. The number of hydrogen-bond donors (Lipinski definition) is 1. The summed E-state index contributed by atoms with van der Waals surface area (Å²) >= 11 is 1.82. The highest BCUT2D eigenvalue weighted by atomic mass is 32.2. The summed E-state index contributed by atoms with van der Waals surface area (Å²) in [5, 5.41) is 10.4. The molecule has 0 atom stereocenters. The van der Waals surface area contributed by atoms with Crippen molar-refractivity contribution >= 4 is 17.7 Å². The van der Waals surface area contributed by atoms with E-state index in [1.807, 2.05) is 30.0 Å². The summed E-state index contributed by atoms with van der Waals surface area (Å²) in [6.45, 7) is 0.271. The van der Waals surface area contributed by atoms with Gasteiger partial charge in [0.05, 0.1) is 10.7 Å². The average molecular weight is 375 g/mol. The van der Waals surface area contributed by atoms with Crippen LogP contribution in [0, 0.1) is 5.82 Å². The molecule has 0 unspecified atom stereocenters. The number of pyridine rings is 1. The van der Waals surface area contributed by atoms with Crippen LogP contribution < -0.4 is 4.74 Å². The summed E-state index contributed by atoms with van der Waals surface area (Å²) < 4.78 is 19.7. The summed E-state index contributed by atoms with van der Waals surface area (Å²) in [5.74, 6) is -0.967. The number of carboxylic acid groups (broad SMARTS) is 1. The first-order valence-electron chi connectivity index (χ1n) is 8.86. The smallest absolute Gasteiger partial charge is 0.303 e. The predicted octanol–water partition coefficient (Wildman–Crippen LogP) is 4.85. The Bertz CT molecular complexity index is 762. The van der Waals surface area contributed by atoms with E-state index in [2.05, 4.69) is 4.98 Å². The fourth-order valence-corrected chi connectivity index (χ4v) is 4.24. The van der Waals surface area contributed by atoms with Gasteiger partial charge in [0.1, 0.15) is 18.2 Å². The highest BCUT2D eigenvalue weighted by Gasteiger charge is 2.16. The Morgan fingerprint density at radius 2 is 2.08 bits per heavy atom. The van der Waals surface area contributed by atoms with Crippen molar-refractivity contribution in [2.45, 2.75) is 55.4 Å². The number of aryl methyl sites for hydroxylation is 1. The van der Waals surface area contributed by atoms with Gasteiger partial charge in [-0.1, -0.05) is 25.0 Å². The molecule has 1 aliphatic carbocycles. The van der Waals surface area contributed by atoms with Crippen LogP contribution in [0.1, 0.15) is 43.4 Å². The van der Waals surface area contributed by atoms with E-state index < -0.39 is 11.8 Å². The molecule has 3 rings (SSSR count). The summed E-state index contributed by atoms with van der Waals surface area (Å²) in [4.78, 5) is 15.2. The molecule has 1 saturated carbocycles. The summed E-state index contributed by atoms with van der Waals surface area (Å²) in [7, 11) is 0. The monoisotopic (exact) mass is 375 g/mol. The third-order valence-electron chi connectivity index (χ3n) is 4.39. The number of hydrogen-bond acceptors (Lipinski definition) is 4. The molecule has 0 aliphatic heterocycles. The van der Waals surface area contributed by atoms with Crippen molar-refractivity contribution in [1.29, 1.82) is 0 Å². The van der Waals surface area contributed by atoms with E-state index in [4.69, 9.17) is 9.84 Å². The van der Waals surface area contributed by atoms with Gasteiger partial charge in [-0.15, -0.1) is 11.8 Å². The van der Waals surface area contributed by atoms with Crippen LogP contribution in [0.15, 0.2) is 41.4 Å². The second-order valence-corrected chi connectivity index (χ2v) is 7.75. The van der Waals surface area contributed by atoms with Gasteiger partial charge in [0.2, 0.25) is 0 Å². The number of rotatable bonds is 8. The van der Waals surface area contributed by atoms with Crippen LogP contribution in [-0.4, -0.2) is 21.3 Å². The molecule has 1 aliphatic rings. The Morgan fingerprint density at radius 3 is 2.81 bits per heavy atom. The van der Waals surface area contributed by atoms with E-state index in [0.717, 1.165) is 10.7 Å². The van der Waals surface area contributed by atoms with Crippen molar-refractivity contribution in [3.8, 4) is 5.75 Å². The van der Waals surface area contributed by atoms with E-state index >= 15 is 0 Å². The molecule has 0 radical (unpaired) electrons. The lowest BCUT2D eigenvalue weighted by Gasteiger charge is -2.10. The van der Waals surface area contributed by atoms with E-state index in [0.29, 0.717) is 16.6 Å². The van der Waals surface area contributed by atoms with Gasteiger partial charge in [-0.25, -0.2) is 9.37 Å². The fraction of sp³-hybridized carbons (Fsp3) is 0.400. The molecule has 138 valence electrons. The second-order valence-electron chi connectivity index (χ2n) is 6.43. The van der Waals surface area contributed by atoms with Crippen molar-refractivity contribution in [2.75, 3.05) is 0 Å². The van der Waals surface area contributed by atoms with Crippen molar-refractivity contribution < 1.29 is 19.0 Å². The topological polar surface area (TPSA) is 59.4 Å². The molecule has 0 bridgehead atoms. The van der Waals surface area contributed by atoms with Crippen molar-refractivity contribution in [3.05, 3.63) is 53.5 Å². The Hall–Kier alpha value is -2.08. The van der Waals surface area contributed by atoms with Crippen molar-refractivity contribution in [3.63, 3.8) is 0 Å². The number of halogens is 1. The number of aliphatic carboxylic acids is 1. The minimum absolute atomic E-state index is 0.0908. The minimum atomic E-state index is -0.939. The number of nitrogens with zero attached hydrogens (tertiary/aromatic N) is 1. The molecule has 6 heteroatoms. The molecule has 1 heterocycles. The standard InChI is InChI=1S/C20H22FNO3S/c21-18-12-16(10-8-14(18)9-11-20(23)24)25-13-15-4-3-7-19(22-15)26-17-5-1-2-6-17/h3-4,7-8,10,12,17H,1-2,5-6,9,11,13H2,(H,23,24). The van der Waals surface area contributed by atoms with Crippen LogP contribution in [0.3, 0.4) is 0 Å². The number of ether oxygens (including phenoxy) is 1. The van der Waals surface area contributed by atoms with Crippen LogP contribution in [0.5, 0.6) is 5.75 Å². The molecular weight excluding hydrogens is 353 g/mol. The van der Waals surface area contributed by atoms with Gasteiger partial charge in [0.15, 0.2) is 0 Å². The summed E-state index contributed by atoms with van der Waals surface area (Å²) in [5.41, 5.74) is 1.19. The highest BCUT2D eigenvalue weighted by Crippen LogP contribution is 2.33. The average Bonchev–Trinajstić information content (AvgIpc) is 3.12. The van der Waals surface area contributed by atoms with Crippen LogP contribution in [0.4, 0.5) is 4.39 Å². The lowest BCUT2D eigenvalue weighted by molar-refractivity contribution is -0.136. The van der Waals surface area contributed by atoms with Gasteiger partial charge in [-0.3, -0.25) is 4.79 Å². The molecule has 1 aromatic heterocycles. The molecule has 1 N–H and O–H groups in total. The molecule has 26 heavy (non-hydrogen) atoms. The fourth-order valence-electron chi connectivity index (χ4n) is 3.00. The first-order chi connectivity index (χ1) is 12.6. The number of carboxylic acids is 1. The first kappa shape index (κ1) is 18.7. The molecule has 4 nitrogen and oxygen atoms in total. The Balaban J connectivity index is 1.56. The summed E-state index contributed by atoms with van der Waals surface area (Å²) in [6, 6.07) is 10.4. The van der Waals surface area contributed by atoms with E-state index in [1.54, 1.807) is 12.1 Å². The third-order valence-corrected chi connectivity index (χ3v) is 5.66. The van der Waals surface area contributed by atoms with Crippen LogP contribution in [-0.2, 0) is 17.8 Å². The Labute approximate surface area is 156 Å². The quantitative estimate of drug-likeness (QED) is 0.715. The lowest BCUT2D eigenvalue weighted by atomic mass is 10.1. The molecule has 0 amide bonds. The molecule has 2 aromatic rings. The van der Waals surface area contributed by atoms with Gasteiger partial charge in [0.25, 0.3) is 0 Å². The van der Waals surface area contributed by atoms with Gasteiger partial charge in [-0.05, 0) is 43.0 Å². The van der Waals surface area contributed by atoms with E-state index in [-0.39, 0.29) is 19.4 Å². The Morgan fingerprint density at radius 1 is 1.27 bits per heavy atom. The molecule has 1 aromatic carbocycles. The van der Waals surface area contributed by atoms with Crippen LogP contribution in [0.2, 0.25) is 0 Å². The zero-order valence-corrected chi connectivity index (χ0v) is 15.3. The second kappa shape index (κ2) is 9.03. The van der Waals surface area contributed by atoms with Crippen molar-refractivity contribution in [1.82, 2.24) is 4.98 Å². The zero-order chi connectivity index (χ0) is 18.4. The number of thioether (sulfide) groups is 1. The minimum Gasteiger partial charge on any atom is -0.487 e. The van der Waals surface area contributed by atoms with Gasteiger partial charge in [-0.2, -0.15) is 0 Å². The number of carbonyl (C=O) groups is 1. The molecule has 0 saturated heterocycles. The lowest BCUT2D eigenvalue weighted by Crippen LogP contribution is -2.02. The van der Waals surface area contributed by atoms with Gasteiger partial charge >= 0.3 is 5.97 Å². The number of benzene rings is 1. The van der Waals surface area contributed by atoms with Crippen LogP contribution >= 0.6 is 11.8 Å². The third kappa shape index (κ3) is 5.46. The molecule has 1 fully saturated rings. The largest absolute Gasteiger partial charge is 0.487 e. The Kier molecular flexibility index (Phi) is 6.50. The van der Waals surface area contributed by atoms with E-state index in [9.17, 15) is 9.18 Å². The highest BCUT2D eigenvalue weighted by molar-refractivity contribution is 7.99. The molecule has 0 spiro atoms.